The van der Waals surface area contributed by atoms with Crippen LogP contribution >= 0.6 is 11.6 Å². The van der Waals surface area contributed by atoms with Gasteiger partial charge in [0.05, 0.1) is 19.0 Å². The molecule has 2 amide bonds. The summed E-state index contributed by atoms with van der Waals surface area (Å²) in [5.41, 5.74) is 0.463. The van der Waals surface area contributed by atoms with Gasteiger partial charge in [-0.05, 0) is 18.2 Å². The van der Waals surface area contributed by atoms with Gasteiger partial charge in [0.25, 0.3) is 0 Å². The van der Waals surface area contributed by atoms with Crippen molar-refractivity contribution in [3.05, 3.63) is 29.4 Å². The van der Waals surface area contributed by atoms with Crippen molar-refractivity contribution in [1.29, 1.82) is 0 Å². The zero-order valence-corrected chi connectivity index (χ0v) is 13.4. The Morgan fingerprint density at radius 3 is 2.78 bits per heavy atom. The first-order chi connectivity index (χ1) is 11.0. The molecule has 0 aliphatic heterocycles. The van der Waals surface area contributed by atoms with E-state index in [9.17, 15) is 9.59 Å². The van der Waals surface area contributed by atoms with E-state index < -0.39 is 0 Å². The van der Waals surface area contributed by atoms with Crippen LogP contribution in [0.25, 0.3) is 0 Å². The Kier molecular flexibility index (Phi) is 5.53. The molecule has 0 radical (unpaired) electrons. The maximum Gasteiger partial charge on any atom is 0.246 e. The predicted octanol–water partition coefficient (Wildman–Crippen LogP) is 1.93. The molecule has 1 aromatic heterocycles. The number of anilines is 2. The van der Waals surface area contributed by atoms with Crippen molar-refractivity contribution in [3.8, 4) is 5.75 Å². The molecule has 2 N–H and O–H groups in total. The Hall–Kier alpha value is -2.61. The molecule has 0 atom stereocenters. The summed E-state index contributed by atoms with van der Waals surface area (Å²) in [4.78, 5) is 23.3. The minimum Gasteiger partial charge on any atom is -0.495 e. The Balaban J connectivity index is 2.00. The van der Waals surface area contributed by atoms with E-state index in [1.54, 1.807) is 25.1 Å². The lowest BCUT2D eigenvalue weighted by atomic mass is 10.3. The SMILES string of the molecule is CCC(=O)Nc1cn(CC(=O)Nc2cc(Cl)ccc2OC)nn1. The summed E-state index contributed by atoms with van der Waals surface area (Å²) in [6.45, 7) is 1.66. The van der Waals surface area contributed by atoms with Crippen LogP contribution in [-0.4, -0.2) is 33.9 Å². The number of hydrogen-bond donors (Lipinski definition) is 2. The lowest BCUT2D eigenvalue weighted by Gasteiger charge is -2.10. The molecule has 2 aromatic rings. The number of halogens is 1. The molecule has 23 heavy (non-hydrogen) atoms. The van der Waals surface area contributed by atoms with Gasteiger partial charge < -0.3 is 15.4 Å². The third-order valence-corrected chi connectivity index (χ3v) is 3.10. The quantitative estimate of drug-likeness (QED) is 0.839. The Morgan fingerprint density at radius 2 is 2.09 bits per heavy atom. The van der Waals surface area contributed by atoms with Crippen LogP contribution in [0.15, 0.2) is 24.4 Å². The Labute approximate surface area is 137 Å². The van der Waals surface area contributed by atoms with Gasteiger partial charge in [0.1, 0.15) is 12.3 Å². The second-order valence-corrected chi connectivity index (χ2v) is 5.03. The van der Waals surface area contributed by atoms with Gasteiger partial charge in [-0.3, -0.25) is 9.59 Å². The number of ether oxygens (including phenoxy) is 1. The van der Waals surface area contributed by atoms with Crippen LogP contribution in [0, 0.1) is 0 Å². The molecule has 9 heteroatoms. The number of nitrogens with zero attached hydrogens (tertiary/aromatic N) is 3. The molecular weight excluding hydrogens is 322 g/mol. The van der Waals surface area contributed by atoms with Crippen LogP contribution < -0.4 is 15.4 Å². The summed E-state index contributed by atoms with van der Waals surface area (Å²) < 4.78 is 6.47. The van der Waals surface area contributed by atoms with Gasteiger partial charge in [0.2, 0.25) is 11.8 Å². The van der Waals surface area contributed by atoms with Crippen molar-refractivity contribution in [2.45, 2.75) is 19.9 Å². The molecule has 0 saturated carbocycles. The molecule has 0 aliphatic rings. The van der Waals surface area contributed by atoms with E-state index in [-0.39, 0.29) is 18.4 Å². The summed E-state index contributed by atoms with van der Waals surface area (Å²) in [5, 5.41) is 13.3. The maximum atomic E-state index is 12.1. The first kappa shape index (κ1) is 16.8. The van der Waals surface area contributed by atoms with Gasteiger partial charge in [-0.15, -0.1) is 5.10 Å². The average molecular weight is 338 g/mol. The van der Waals surface area contributed by atoms with Gasteiger partial charge in [0.15, 0.2) is 5.82 Å². The zero-order valence-electron chi connectivity index (χ0n) is 12.7. The van der Waals surface area contributed by atoms with Crippen molar-refractivity contribution < 1.29 is 14.3 Å². The molecule has 8 nitrogen and oxygen atoms in total. The molecule has 0 saturated heterocycles. The second kappa shape index (κ2) is 7.59. The third kappa shape index (κ3) is 4.68. The fourth-order valence-corrected chi connectivity index (χ4v) is 1.95. The molecule has 0 fully saturated rings. The maximum absolute atomic E-state index is 12.1. The lowest BCUT2D eigenvalue weighted by molar-refractivity contribution is -0.117. The highest BCUT2D eigenvalue weighted by atomic mass is 35.5. The number of rotatable bonds is 6. The number of carbonyl (C=O) groups is 2. The van der Waals surface area contributed by atoms with Gasteiger partial charge >= 0.3 is 0 Å². The summed E-state index contributed by atoms with van der Waals surface area (Å²) >= 11 is 5.91. The van der Waals surface area contributed by atoms with Gasteiger partial charge in [0, 0.05) is 11.4 Å². The zero-order chi connectivity index (χ0) is 16.8. The van der Waals surface area contributed by atoms with Gasteiger partial charge in [-0.2, -0.15) is 0 Å². The predicted molar refractivity (Wildman–Crippen MR) is 85.6 cm³/mol. The minimum absolute atomic E-state index is 0.0648. The standard InChI is InChI=1S/C14H16ClN5O3/c1-3-13(21)17-12-7-20(19-18-12)8-14(22)16-10-6-9(15)4-5-11(10)23-2/h4-7H,3,8H2,1-2H3,(H,16,22)(H,17,21). The van der Waals surface area contributed by atoms with Crippen LogP contribution in [0.5, 0.6) is 5.75 Å². The largest absolute Gasteiger partial charge is 0.495 e. The van der Waals surface area contributed by atoms with E-state index in [0.717, 1.165) is 0 Å². The fourth-order valence-electron chi connectivity index (χ4n) is 1.78. The summed E-state index contributed by atoms with van der Waals surface area (Å²) in [5.74, 6) is 0.288. The molecule has 122 valence electrons. The van der Waals surface area contributed by atoms with Crippen molar-refractivity contribution in [2.75, 3.05) is 17.7 Å². The van der Waals surface area contributed by atoms with Crippen molar-refractivity contribution in [1.82, 2.24) is 15.0 Å². The van der Waals surface area contributed by atoms with E-state index >= 15 is 0 Å². The molecular formula is C14H16ClN5O3. The van der Waals surface area contributed by atoms with Crippen LogP contribution in [0.3, 0.4) is 0 Å². The van der Waals surface area contributed by atoms with E-state index in [1.165, 1.54) is 18.0 Å². The normalized spacial score (nSPS) is 10.2. The topological polar surface area (TPSA) is 98.1 Å². The lowest BCUT2D eigenvalue weighted by Crippen LogP contribution is -2.19. The molecule has 2 rings (SSSR count). The van der Waals surface area contributed by atoms with Crippen molar-refractivity contribution in [3.63, 3.8) is 0 Å². The summed E-state index contributed by atoms with van der Waals surface area (Å²) in [6.07, 6.45) is 1.81. The van der Waals surface area contributed by atoms with Crippen molar-refractivity contribution >= 4 is 34.9 Å². The second-order valence-electron chi connectivity index (χ2n) is 4.60. The van der Waals surface area contributed by atoms with E-state index in [1.807, 2.05) is 0 Å². The highest BCUT2D eigenvalue weighted by molar-refractivity contribution is 6.31. The fraction of sp³-hybridized carbons (Fsp3) is 0.286. The number of hydrogen-bond acceptors (Lipinski definition) is 5. The molecule has 0 unspecified atom stereocenters. The molecule has 1 heterocycles. The van der Waals surface area contributed by atoms with E-state index in [2.05, 4.69) is 20.9 Å². The number of aromatic nitrogens is 3. The molecule has 1 aromatic carbocycles. The van der Waals surface area contributed by atoms with E-state index in [4.69, 9.17) is 16.3 Å². The molecule has 0 aliphatic carbocycles. The van der Waals surface area contributed by atoms with Gasteiger partial charge in [-0.25, -0.2) is 4.68 Å². The van der Waals surface area contributed by atoms with Gasteiger partial charge in [-0.1, -0.05) is 23.7 Å². The van der Waals surface area contributed by atoms with Crippen LogP contribution in [0.2, 0.25) is 5.02 Å². The number of methoxy groups -OCH3 is 1. The number of amides is 2. The van der Waals surface area contributed by atoms with E-state index in [0.29, 0.717) is 28.7 Å². The molecule has 0 spiro atoms. The minimum atomic E-state index is -0.330. The number of benzene rings is 1. The van der Waals surface area contributed by atoms with Crippen LogP contribution in [0.1, 0.15) is 13.3 Å². The highest BCUT2D eigenvalue weighted by Crippen LogP contribution is 2.27. The van der Waals surface area contributed by atoms with Crippen LogP contribution in [0.4, 0.5) is 11.5 Å². The first-order valence-corrected chi connectivity index (χ1v) is 7.23. The monoisotopic (exact) mass is 337 g/mol. The summed E-state index contributed by atoms with van der Waals surface area (Å²) in [6, 6.07) is 4.91. The highest BCUT2D eigenvalue weighted by Gasteiger charge is 2.11. The third-order valence-electron chi connectivity index (χ3n) is 2.87. The smallest absolute Gasteiger partial charge is 0.246 e. The average Bonchev–Trinajstić information content (AvgIpc) is 2.94. The number of carbonyl (C=O) groups excluding carboxylic acids is 2. The first-order valence-electron chi connectivity index (χ1n) is 6.85. The Morgan fingerprint density at radius 1 is 1.30 bits per heavy atom. The van der Waals surface area contributed by atoms with Crippen LogP contribution in [-0.2, 0) is 16.1 Å². The van der Waals surface area contributed by atoms with Crippen molar-refractivity contribution in [2.24, 2.45) is 0 Å². The summed E-state index contributed by atoms with van der Waals surface area (Å²) in [7, 11) is 1.50. The molecule has 0 bridgehead atoms. The Bertz CT molecular complexity index is 716. The number of nitrogens with one attached hydrogen (secondary N) is 2.